The van der Waals surface area contributed by atoms with Crippen molar-refractivity contribution in [3.05, 3.63) is 33.4 Å². The van der Waals surface area contributed by atoms with Crippen molar-refractivity contribution in [1.29, 1.82) is 0 Å². The summed E-state index contributed by atoms with van der Waals surface area (Å²) in [6.45, 7) is 2.20. The summed E-state index contributed by atoms with van der Waals surface area (Å²) in [5.41, 5.74) is 1.05. The maximum absolute atomic E-state index is 9.94. The van der Waals surface area contributed by atoms with Gasteiger partial charge in [-0.05, 0) is 46.7 Å². The molecule has 1 atom stereocenters. The largest absolute Gasteiger partial charge is 0.388 e. The van der Waals surface area contributed by atoms with E-state index in [1.807, 2.05) is 18.2 Å². The zero-order chi connectivity index (χ0) is 11.1. The predicted molar refractivity (Wildman–Crippen MR) is 72.9 cm³/mol. The van der Waals surface area contributed by atoms with Crippen molar-refractivity contribution in [3.8, 4) is 0 Å². The minimum Gasteiger partial charge on any atom is -0.388 e. The molecule has 0 radical (unpaired) electrons. The van der Waals surface area contributed by atoms with E-state index in [1.54, 1.807) is 0 Å². The van der Waals surface area contributed by atoms with Crippen LogP contribution in [0.25, 0.3) is 0 Å². The first kappa shape index (κ1) is 13.0. The molecule has 1 nitrogen and oxygen atoms in total. The molecule has 0 spiro atoms. The molecule has 1 N–H and O–H groups in total. The third kappa shape index (κ3) is 4.98. The highest BCUT2D eigenvalue weighted by Crippen LogP contribution is 2.21. The first-order valence-electron chi connectivity index (χ1n) is 5.67. The van der Waals surface area contributed by atoms with Gasteiger partial charge in [0.25, 0.3) is 0 Å². The summed E-state index contributed by atoms with van der Waals surface area (Å²) in [7, 11) is 0. The zero-order valence-corrected chi connectivity index (χ0v) is 11.4. The summed E-state index contributed by atoms with van der Waals surface area (Å²) >= 11 is 2.28. The van der Waals surface area contributed by atoms with Crippen molar-refractivity contribution >= 4 is 22.6 Å². The Morgan fingerprint density at radius 3 is 2.73 bits per heavy atom. The maximum Gasteiger partial charge on any atom is 0.0790 e. The molecule has 0 saturated carbocycles. The summed E-state index contributed by atoms with van der Waals surface area (Å²) in [5, 5.41) is 9.94. The van der Waals surface area contributed by atoms with E-state index in [2.05, 4.69) is 35.6 Å². The van der Waals surface area contributed by atoms with E-state index < -0.39 is 0 Å². The van der Waals surface area contributed by atoms with Gasteiger partial charge in [-0.15, -0.1) is 0 Å². The molecule has 0 aliphatic carbocycles. The van der Waals surface area contributed by atoms with Crippen LogP contribution in [0.15, 0.2) is 24.3 Å². The van der Waals surface area contributed by atoms with E-state index in [-0.39, 0.29) is 6.10 Å². The molecular formula is C13H19IO. The third-order valence-electron chi connectivity index (χ3n) is 2.56. The standard InChI is InChI=1S/C13H19IO/c1-2-3-4-5-9-13(15)11-7-6-8-12(14)10-11/h6-8,10,13,15H,2-5,9H2,1H3. The third-order valence-corrected chi connectivity index (χ3v) is 3.24. The number of aliphatic hydroxyl groups is 1. The molecule has 15 heavy (non-hydrogen) atoms. The molecule has 1 aromatic rings. The molecular weight excluding hydrogens is 299 g/mol. The Labute approximate surface area is 106 Å². The first-order chi connectivity index (χ1) is 7.24. The van der Waals surface area contributed by atoms with Crippen LogP contribution in [0.1, 0.15) is 50.7 Å². The SMILES string of the molecule is CCCCCCC(O)c1cccc(I)c1. The lowest BCUT2D eigenvalue weighted by atomic mass is 10.0. The average molecular weight is 318 g/mol. The van der Waals surface area contributed by atoms with Gasteiger partial charge in [0.05, 0.1) is 6.10 Å². The van der Waals surface area contributed by atoms with Crippen molar-refractivity contribution < 1.29 is 5.11 Å². The number of aliphatic hydroxyl groups excluding tert-OH is 1. The van der Waals surface area contributed by atoms with E-state index in [4.69, 9.17) is 0 Å². The Morgan fingerprint density at radius 2 is 2.07 bits per heavy atom. The number of hydrogen-bond acceptors (Lipinski definition) is 1. The highest BCUT2D eigenvalue weighted by atomic mass is 127. The van der Waals surface area contributed by atoms with E-state index in [0.717, 1.165) is 18.4 Å². The van der Waals surface area contributed by atoms with Crippen LogP contribution in [0.2, 0.25) is 0 Å². The fourth-order valence-electron chi connectivity index (χ4n) is 1.64. The molecule has 1 aromatic carbocycles. The fraction of sp³-hybridized carbons (Fsp3) is 0.538. The number of rotatable bonds is 6. The molecule has 2 heteroatoms. The lowest BCUT2D eigenvalue weighted by molar-refractivity contribution is 0.163. The van der Waals surface area contributed by atoms with E-state index in [9.17, 15) is 5.11 Å². The maximum atomic E-state index is 9.94. The molecule has 0 aliphatic heterocycles. The van der Waals surface area contributed by atoms with Crippen molar-refractivity contribution in [2.24, 2.45) is 0 Å². The number of benzene rings is 1. The molecule has 0 aromatic heterocycles. The number of hydrogen-bond donors (Lipinski definition) is 1. The molecule has 0 aliphatic rings. The number of unbranched alkanes of at least 4 members (excludes halogenated alkanes) is 3. The minimum absolute atomic E-state index is 0.281. The second-order valence-corrected chi connectivity index (χ2v) is 5.17. The molecule has 0 bridgehead atoms. The van der Waals surface area contributed by atoms with Crippen LogP contribution < -0.4 is 0 Å². The molecule has 0 heterocycles. The summed E-state index contributed by atoms with van der Waals surface area (Å²) in [5.74, 6) is 0. The summed E-state index contributed by atoms with van der Waals surface area (Å²) in [4.78, 5) is 0. The van der Waals surface area contributed by atoms with Gasteiger partial charge in [0.2, 0.25) is 0 Å². The smallest absolute Gasteiger partial charge is 0.0790 e. The van der Waals surface area contributed by atoms with Gasteiger partial charge in [-0.3, -0.25) is 0 Å². The average Bonchev–Trinajstić information content (AvgIpc) is 2.24. The quantitative estimate of drug-likeness (QED) is 0.613. The van der Waals surface area contributed by atoms with Crippen molar-refractivity contribution in [2.45, 2.75) is 45.1 Å². The van der Waals surface area contributed by atoms with Crippen LogP contribution in [0.5, 0.6) is 0 Å². The van der Waals surface area contributed by atoms with Gasteiger partial charge in [-0.2, -0.15) is 0 Å². The normalized spacial score (nSPS) is 12.7. The van der Waals surface area contributed by atoms with Gasteiger partial charge in [0.1, 0.15) is 0 Å². The summed E-state index contributed by atoms with van der Waals surface area (Å²) < 4.78 is 1.19. The summed E-state index contributed by atoms with van der Waals surface area (Å²) in [6, 6.07) is 8.12. The van der Waals surface area contributed by atoms with Crippen LogP contribution in [0.4, 0.5) is 0 Å². The lowest BCUT2D eigenvalue weighted by Crippen LogP contribution is -1.97. The van der Waals surface area contributed by atoms with Crippen molar-refractivity contribution in [2.75, 3.05) is 0 Å². The van der Waals surface area contributed by atoms with Gasteiger partial charge >= 0.3 is 0 Å². The predicted octanol–water partition coefficient (Wildman–Crippen LogP) is 4.30. The topological polar surface area (TPSA) is 20.2 Å². The Bertz CT molecular complexity index is 286. The second-order valence-electron chi connectivity index (χ2n) is 3.92. The fourth-order valence-corrected chi connectivity index (χ4v) is 2.21. The first-order valence-corrected chi connectivity index (χ1v) is 6.75. The molecule has 0 saturated heterocycles. The van der Waals surface area contributed by atoms with E-state index in [0.29, 0.717) is 0 Å². The lowest BCUT2D eigenvalue weighted by Gasteiger charge is -2.10. The highest BCUT2D eigenvalue weighted by molar-refractivity contribution is 14.1. The second kappa shape index (κ2) is 7.23. The molecule has 1 unspecified atom stereocenters. The van der Waals surface area contributed by atoms with Crippen molar-refractivity contribution in [3.63, 3.8) is 0 Å². The Kier molecular flexibility index (Phi) is 6.25. The highest BCUT2D eigenvalue weighted by Gasteiger charge is 2.06. The van der Waals surface area contributed by atoms with Crippen LogP contribution in [0.3, 0.4) is 0 Å². The van der Waals surface area contributed by atoms with Gasteiger partial charge in [-0.1, -0.05) is 44.7 Å². The van der Waals surface area contributed by atoms with Gasteiger partial charge < -0.3 is 5.11 Å². The Balaban J connectivity index is 2.36. The summed E-state index contributed by atoms with van der Waals surface area (Å²) in [6.07, 6.45) is 5.49. The van der Waals surface area contributed by atoms with Crippen LogP contribution in [-0.2, 0) is 0 Å². The molecule has 1 rings (SSSR count). The van der Waals surface area contributed by atoms with Crippen LogP contribution in [-0.4, -0.2) is 5.11 Å². The van der Waals surface area contributed by atoms with Gasteiger partial charge in [0, 0.05) is 3.57 Å². The van der Waals surface area contributed by atoms with Gasteiger partial charge in [0.15, 0.2) is 0 Å². The molecule has 84 valence electrons. The van der Waals surface area contributed by atoms with E-state index >= 15 is 0 Å². The number of halogens is 1. The Morgan fingerprint density at radius 1 is 1.27 bits per heavy atom. The van der Waals surface area contributed by atoms with Crippen molar-refractivity contribution in [1.82, 2.24) is 0 Å². The monoisotopic (exact) mass is 318 g/mol. The minimum atomic E-state index is -0.281. The zero-order valence-electron chi connectivity index (χ0n) is 9.25. The van der Waals surface area contributed by atoms with Crippen LogP contribution in [0, 0.1) is 3.57 Å². The Hall–Kier alpha value is -0.0900. The molecule has 0 fully saturated rings. The molecule has 0 amide bonds. The van der Waals surface area contributed by atoms with E-state index in [1.165, 1.54) is 22.8 Å². The van der Waals surface area contributed by atoms with Gasteiger partial charge in [-0.25, -0.2) is 0 Å². The van der Waals surface area contributed by atoms with Crippen LogP contribution >= 0.6 is 22.6 Å².